The average molecular weight is 540 g/mol. The van der Waals surface area contributed by atoms with Crippen LogP contribution in [0.15, 0.2) is 70.3 Å². The van der Waals surface area contributed by atoms with Gasteiger partial charge < -0.3 is 18.9 Å². The zero-order chi connectivity index (χ0) is 26.9. The van der Waals surface area contributed by atoms with Crippen molar-refractivity contribution < 1.29 is 13.9 Å². The lowest BCUT2D eigenvalue weighted by Gasteiger charge is -2.32. The highest BCUT2D eigenvalue weighted by atomic mass is 16.7. The van der Waals surface area contributed by atoms with Crippen molar-refractivity contribution in [2.75, 3.05) is 6.79 Å². The topological polar surface area (TPSA) is 124 Å². The Hall–Kier alpha value is -4.51. The number of hydrogen-bond acceptors (Lipinski definition) is 9. The third kappa shape index (κ3) is 4.73. The lowest BCUT2D eigenvalue weighted by molar-refractivity contribution is 0.173. The zero-order valence-corrected chi connectivity index (χ0v) is 21.9. The van der Waals surface area contributed by atoms with Crippen LogP contribution in [0, 0.1) is 0 Å². The molecular weight excluding hydrogens is 510 g/mol. The van der Waals surface area contributed by atoms with Crippen LogP contribution in [-0.2, 0) is 13.1 Å². The predicted octanol–water partition coefficient (Wildman–Crippen LogP) is 4.53. The van der Waals surface area contributed by atoms with E-state index >= 15 is 0 Å². The molecule has 11 heteroatoms. The summed E-state index contributed by atoms with van der Waals surface area (Å²) in [7, 11) is 0. The molecule has 0 spiro atoms. The molecular formula is C29H29N7O4. The number of hydrogen-bond donors (Lipinski definition) is 1. The number of furan rings is 1. The minimum absolute atomic E-state index is 0.156. The van der Waals surface area contributed by atoms with Crippen LogP contribution in [0.3, 0.4) is 0 Å². The SMILES string of the molecule is O=c1[nH]c2cc3c(cc2cc1[C@@H](c1nnnn1C1CCCCC1)N(Cc1cccnc1)Cc1ccco1)OCO3. The summed E-state index contributed by atoms with van der Waals surface area (Å²) >= 11 is 0. The standard InChI is InChI=1S/C29H29N7O4/c37-29-23(12-20-13-25-26(40-18-39-25)14-24(20)31-29)27(28-32-33-34-36(28)21-7-2-1-3-8-21)35(17-22-9-5-11-38-22)16-19-6-4-10-30-15-19/h4-6,9-15,21,27H,1-3,7-8,16-18H2,(H,31,37)/t27-/m0/s1. The molecule has 204 valence electrons. The van der Waals surface area contributed by atoms with Crippen LogP contribution in [0.25, 0.3) is 10.9 Å². The van der Waals surface area contributed by atoms with Crippen LogP contribution in [-0.4, -0.2) is 41.9 Å². The summed E-state index contributed by atoms with van der Waals surface area (Å²) in [6.07, 6.45) is 10.7. The van der Waals surface area contributed by atoms with Gasteiger partial charge in [0.25, 0.3) is 5.56 Å². The number of ether oxygens (including phenoxy) is 2. The Morgan fingerprint density at radius 2 is 1.93 bits per heavy atom. The molecule has 1 aliphatic carbocycles. The number of benzene rings is 1. The smallest absolute Gasteiger partial charge is 0.253 e. The van der Waals surface area contributed by atoms with E-state index in [1.54, 1.807) is 18.5 Å². The molecule has 2 aliphatic rings. The number of aromatic nitrogens is 6. The van der Waals surface area contributed by atoms with Gasteiger partial charge in [-0.3, -0.25) is 14.7 Å². The van der Waals surface area contributed by atoms with E-state index in [0.717, 1.165) is 42.4 Å². The summed E-state index contributed by atoms with van der Waals surface area (Å²) in [4.78, 5) is 23.4. The van der Waals surface area contributed by atoms with E-state index in [-0.39, 0.29) is 18.4 Å². The van der Waals surface area contributed by atoms with Gasteiger partial charge in [-0.2, -0.15) is 0 Å². The van der Waals surface area contributed by atoms with Crippen molar-refractivity contribution in [1.29, 1.82) is 0 Å². The second kappa shape index (κ2) is 10.6. The molecule has 7 rings (SSSR count). The summed E-state index contributed by atoms with van der Waals surface area (Å²) in [5.74, 6) is 2.67. The Morgan fingerprint density at radius 1 is 1.05 bits per heavy atom. The summed E-state index contributed by atoms with van der Waals surface area (Å²) in [5.41, 5.74) is 1.99. The van der Waals surface area contributed by atoms with Crippen molar-refractivity contribution in [3.05, 3.63) is 94.2 Å². The first-order valence-electron chi connectivity index (χ1n) is 13.6. The molecule has 4 aromatic heterocycles. The van der Waals surface area contributed by atoms with Gasteiger partial charge in [0, 0.05) is 36.0 Å². The quantitative estimate of drug-likeness (QED) is 0.303. The average Bonchev–Trinajstić information content (AvgIpc) is 3.76. The van der Waals surface area contributed by atoms with E-state index in [1.165, 1.54) is 6.42 Å². The molecule has 40 heavy (non-hydrogen) atoms. The Morgan fingerprint density at radius 3 is 2.73 bits per heavy atom. The maximum atomic E-state index is 13.8. The van der Waals surface area contributed by atoms with Gasteiger partial charge in [0.05, 0.1) is 24.4 Å². The molecule has 0 radical (unpaired) electrons. The molecule has 0 unspecified atom stereocenters. The number of rotatable bonds is 8. The number of aromatic amines is 1. The molecule has 11 nitrogen and oxygen atoms in total. The molecule has 5 heterocycles. The zero-order valence-electron chi connectivity index (χ0n) is 21.9. The van der Waals surface area contributed by atoms with Crippen molar-refractivity contribution >= 4 is 10.9 Å². The van der Waals surface area contributed by atoms with E-state index in [0.29, 0.717) is 41.5 Å². The number of tetrazole rings is 1. The highest BCUT2D eigenvalue weighted by Gasteiger charge is 2.34. The van der Waals surface area contributed by atoms with Crippen LogP contribution >= 0.6 is 0 Å². The number of nitrogens with one attached hydrogen (secondary N) is 1. The first kappa shape index (κ1) is 24.5. The molecule has 1 N–H and O–H groups in total. The van der Waals surface area contributed by atoms with Gasteiger partial charge in [0.1, 0.15) is 11.8 Å². The molecule has 1 aliphatic heterocycles. The van der Waals surface area contributed by atoms with Crippen molar-refractivity contribution in [3.63, 3.8) is 0 Å². The Bertz CT molecular complexity index is 1660. The monoisotopic (exact) mass is 539 g/mol. The third-order valence-corrected chi connectivity index (χ3v) is 7.76. The maximum absolute atomic E-state index is 13.8. The molecule has 1 saturated carbocycles. The van der Waals surface area contributed by atoms with Crippen molar-refractivity contribution in [3.8, 4) is 11.5 Å². The van der Waals surface area contributed by atoms with Crippen LogP contribution in [0.2, 0.25) is 0 Å². The summed E-state index contributed by atoms with van der Waals surface area (Å²) in [5, 5.41) is 14.0. The molecule has 0 bridgehead atoms. The van der Waals surface area contributed by atoms with Crippen molar-refractivity contribution in [2.24, 2.45) is 0 Å². The van der Waals surface area contributed by atoms with Crippen LogP contribution < -0.4 is 15.0 Å². The van der Waals surface area contributed by atoms with Gasteiger partial charge in [-0.05, 0) is 59.2 Å². The highest BCUT2D eigenvalue weighted by Crippen LogP contribution is 2.38. The first-order chi connectivity index (χ1) is 19.7. The predicted molar refractivity (Wildman–Crippen MR) is 145 cm³/mol. The summed E-state index contributed by atoms with van der Waals surface area (Å²) in [6, 6.07) is 13.0. The fourth-order valence-corrected chi connectivity index (χ4v) is 5.85. The molecule has 1 fully saturated rings. The lowest BCUT2D eigenvalue weighted by Crippen LogP contribution is -2.35. The fourth-order valence-electron chi connectivity index (χ4n) is 5.85. The minimum Gasteiger partial charge on any atom is -0.468 e. The summed E-state index contributed by atoms with van der Waals surface area (Å²) in [6.45, 7) is 1.08. The van der Waals surface area contributed by atoms with E-state index in [2.05, 4.69) is 30.4 Å². The van der Waals surface area contributed by atoms with Crippen LogP contribution in [0.1, 0.15) is 66.9 Å². The van der Waals surface area contributed by atoms with Gasteiger partial charge in [-0.1, -0.05) is 25.3 Å². The Kier molecular flexibility index (Phi) is 6.48. The number of pyridine rings is 2. The van der Waals surface area contributed by atoms with E-state index in [1.807, 2.05) is 47.3 Å². The minimum atomic E-state index is -0.569. The largest absolute Gasteiger partial charge is 0.468 e. The van der Waals surface area contributed by atoms with Crippen LogP contribution in [0.4, 0.5) is 0 Å². The highest BCUT2D eigenvalue weighted by molar-refractivity contribution is 5.83. The van der Waals surface area contributed by atoms with E-state index in [4.69, 9.17) is 13.9 Å². The molecule has 0 saturated heterocycles. The molecule has 5 aromatic rings. The second-order valence-electron chi connectivity index (χ2n) is 10.4. The Balaban J connectivity index is 1.40. The number of nitrogens with zero attached hydrogens (tertiary/aromatic N) is 6. The lowest BCUT2D eigenvalue weighted by atomic mass is 9.95. The summed E-state index contributed by atoms with van der Waals surface area (Å²) < 4.78 is 18.9. The molecule has 1 atom stereocenters. The van der Waals surface area contributed by atoms with Gasteiger partial charge >= 0.3 is 0 Å². The molecule has 1 aromatic carbocycles. The van der Waals surface area contributed by atoms with Gasteiger partial charge in [-0.15, -0.1) is 5.10 Å². The van der Waals surface area contributed by atoms with E-state index in [9.17, 15) is 4.79 Å². The van der Waals surface area contributed by atoms with Gasteiger partial charge in [-0.25, -0.2) is 4.68 Å². The third-order valence-electron chi connectivity index (χ3n) is 7.76. The maximum Gasteiger partial charge on any atom is 0.253 e. The van der Waals surface area contributed by atoms with Crippen molar-refractivity contribution in [1.82, 2.24) is 35.1 Å². The number of fused-ring (bicyclic) bond motifs is 2. The second-order valence-corrected chi connectivity index (χ2v) is 10.4. The van der Waals surface area contributed by atoms with Gasteiger partial charge in [0.2, 0.25) is 6.79 Å². The van der Waals surface area contributed by atoms with E-state index < -0.39 is 6.04 Å². The molecule has 0 amide bonds. The first-order valence-corrected chi connectivity index (χ1v) is 13.6. The number of H-pyrrole nitrogens is 1. The Labute approximate surface area is 229 Å². The fraction of sp³-hybridized carbons (Fsp3) is 0.345. The van der Waals surface area contributed by atoms with Crippen molar-refractivity contribution in [2.45, 2.75) is 57.3 Å². The van der Waals surface area contributed by atoms with Gasteiger partial charge in [0.15, 0.2) is 17.3 Å². The normalized spacial score (nSPS) is 16.1. The van der Waals surface area contributed by atoms with Crippen LogP contribution in [0.5, 0.6) is 11.5 Å².